The van der Waals surface area contributed by atoms with Gasteiger partial charge in [-0.05, 0) is 46.6 Å². The first-order valence-corrected chi connectivity index (χ1v) is 11.4. The van der Waals surface area contributed by atoms with Gasteiger partial charge in [0.2, 0.25) is 0 Å². The molecule has 1 aliphatic rings. The lowest BCUT2D eigenvalue weighted by Gasteiger charge is -2.35. The molecule has 1 saturated heterocycles. The molecule has 8 nitrogen and oxygen atoms in total. The lowest BCUT2D eigenvalue weighted by atomic mass is 9.93. The number of hydrogen-bond donors (Lipinski definition) is 3. The van der Waals surface area contributed by atoms with Gasteiger partial charge >= 0.3 is 6.09 Å². The number of aliphatic imine (C=N–C) groups is 1. The summed E-state index contributed by atoms with van der Waals surface area (Å²) in [4.78, 5) is 21.6. The van der Waals surface area contributed by atoms with Gasteiger partial charge in [-0.15, -0.1) is 24.0 Å². The maximum atomic E-state index is 12.3. The van der Waals surface area contributed by atoms with Crippen molar-refractivity contribution in [1.29, 1.82) is 0 Å². The van der Waals surface area contributed by atoms with Crippen LogP contribution in [0.3, 0.4) is 0 Å². The van der Waals surface area contributed by atoms with Gasteiger partial charge in [0.05, 0.1) is 5.54 Å². The lowest BCUT2D eigenvalue weighted by Crippen LogP contribution is -2.57. The highest BCUT2D eigenvalue weighted by Gasteiger charge is 2.30. The van der Waals surface area contributed by atoms with Gasteiger partial charge in [-0.2, -0.15) is 0 Å². The number of rotatable bonds is 9. The Labute approximate surface area is 207 Å². The molecular formula is C22H47IN6O2. The van der Waals surface area contributed by atoms with Gasteiger partial charge in [-0.1, -0.05) is 20.8 Å². The maximum absolute atomic E-state index is 12.3. The van der Waals surface area contributed by atoms with Gasteiger partial charge in [0.1, 0.15) is 5.60 Å². The van der Waals surface area contributed by atoms with E-state index in [0.29, 0.717) is 12.5 Å². The molecule has 0 spiro atoms. The van der Waals surface area contributed by atoms with Gasteiger partial charge in [-0.3, -0.25) is 4.99 Å². The van der Waals surface area contributed by atoms with E-state index in [0.717, 1.165) is 58.1 Å². The van der Waals surface area contributed by atoms with Crippen molar-refractivity contribution in [3.05, 3.63) is 0 Å². The minimum Gasteiger partial charge on any atom is -0.444 e. The van der Waals surface area contributed by atoms with Crippen molar-refractivity contribution in [2.24, 2.45) is 10.9 Å². The van der Waals surface area contributed by atoms with Crippen LogP contribution in [0.1, 0.15) is 54.4 Å². The zero-order valence-corrected chi connectivity index (χ0v) is 23.3. The van der Waals surface area contributed by atoms with Gasteiger partial charge in [0.15, 0.2) is 5.96 Å². The SMILES string of the molecule is CCC(CC)(CNC(=NC)NCC(C)CN1CCN(C)CC1)NC(=O)OC(C)(C)C.I. The highest BCUT2D eigenvalue weighted by atomic mass is 127. The number of likely N-dealkylation sites (N-methyl/N-ethyl adjacent to an activating group) is 1. The summed E-state index contributed by atoms with van der Waals surface area (Å²) in [5.74, 6) is 1.28. The summed E-state index contributed by atoms with van der Waals surface area (Å²) in [6.07, 6.45) is 1.22. The van der Waals surface area contributed by atoms with E-state index in [1.54, 1.807) is 7.05 Å². The van der Waals surface area contributed by atoms with Crippen LogP contribution < -0.4 is 16.0 Å². The van der Waals surface area contributed by atoms with Crippen LogP contribution in [0.5, 0.6) is 0 Å². The molecule has 0 aliphatic carbocycles. The van der Waals surface area contributed by atoms with Crippen molar-refractivity contribution in [3.8, 4) is 0 Å². The molecule has 1 fully saturated rings. The Hall–Kier alpha value is -0.810. The molecule has 1 amide bonds. The maximum Gasteiger partial charge on any atom is 0.408 e. The third-order valence-corrected chi connectivity index (χ3v) is 5.72. The molecule has 1 aliphatic heterocycles. The van der Waals surface area contributed by atoms with Crippen LogP contribution in [0.25, 0.3) is 0 Å². The van der Waals surface area contributed by atoms with Crippen molar-refractivity contribution >= 4 is 36.0 Å². The summed E-state index contributed by atoms with van der Waals surface area (Å²) in [6, 6.07) is 0. The number of ether oxygens (including phenoxy) is 1. The van der Waals surface area contributed by atoms with Crippen LogP contribution in [-0.4, -0.2) is 92.9 Å². The summed E-state index contributed by atoms with van der Waals surface area (Å²) < 4.78 is 5.46. The summed E-state index contributed by atoms with van der Waals surface area (Å²) >= 11 is 0. The van der Waals surface area contributed by atoms with E-state index < -0.39 is 5.60 Å². The molecule has 1 atom stereocenters. The monoisotopic (exact) mass is 554 g/mol. The number of nitrogens with one attached hydrogen (secondary N) is 3. The van der Waals surface area contributed by atoms with Crippen LogP contribution in [0.4, 0.5) is 4.79 Å². The molecule has 0 aromatic carbocycles. The third-order valence-electron chi connectivity index (χ3n) is 5.72. The van der Waals surface area contributed by atoms with E-state index in [9.17, 15) is 4.79 Å². The lowest BCUT2D eigenvalue weighted by molar-refractivity contribution is 0.0448. The number of alkyl carbamates (subject to hydrolysis) is 1. The van der Waals surface area contributed by atoms with E-state index in [2.05, 4.69) is 58.6 Å². The molecule has 3 N–H and O–H groups in total. The number of amides is 1. The number of guanidine groups is 1. The number of nitrogens with zero attached hydrogens (tertiary/aromatic N) is 3. The van der Waals surface area contributed by atoms with Crippen LogP contribution in [0.2, 0.25) is 0 Å². The van der Waals surface area contributed by atoms with Gasteiger partial charge in [0, 0.05) is 52.9 Å². The number of carbonyl (C=O) groups excluding carboxylic acids is 1. The minimum atomic E-state index is -0.512. The van der Waals surface area contributed by atoms with E-state index in [1.165, 1.54) is 0 Å². The number of carbonyl (C=O) groups is 1. The summed E-state index contributed by atoms with van der Waals surface area (Å²) in [7, 11) is 3.96. The summed E-state index contributed by atoms with van der Waals surface area (Å²) in [5, 5.41) is 9.90. The Bertz CT molecular complexity index is 541. The first kappa shape index (κ1) is 30.2. The molecule has 0 aromatic rings. The zero-order chi connectivity index (χ0) is 22.8. The van der Waals surface area contributed by atoms with Crippen LogP contribution in [0.15, 0.2) is 4.99 Å². The first-order valence-electron chi connectivity index (χ1n) is 11.4. The Morgan fingerprint density at radius 2 is 1.68 bits per heavy atom. The Balaban J connectivity index is 0.00000900. The Morgan fingerprint density at radius 3 is 2.16 bits per heavy atom. The number of piperazine rings is 1. The average Bonchev–Trinajstić information content (AvgIpc) is 2.67. The quantitative estimate of drug-likeness (QED) is 0.231. The second-order valence-corrected chi connectivity index (χ2v) is 9.63. The van der Waals surface area contributed by atoms with Gasteiger partial charge in [0.25, 0.3) is 0 Å². The van der Waals surface area contributed by atoms with E-state index in [-0.39, 0.29) is 35.6 Å². The van der Waals surface area contributed by atoms with Crippen LogP contribution >= 0.6 is 24.0 Å². The van der Waals surface area contributed by atoms with Crippen LogP contribution in [0, 0.1) is 5.92 Å². The molecule has 1 heterocycles. The van der Waals surface area contributed by atoms with Gasteiger partial charge < -0.3 is 30.5 Å². The molecule has 1 unspecified atom stereocenters. The predicted octanol–water partition coefficient (Wildman–Crippen LogP) is 2.74. The number of halogens is 1. The summed E-state index contributed by atoms with van der Waals surface area (Å²) in [5.41, 5.74) is -0.895. The summed E-state index contributed by atoms with van der Waals surface area (Å²) in [6.45, 7) is 19.2. The fourth-order valence-corrected chi connectivity index (χ4v) is 3.52. The molecular weight excluding hydrogens is 507 g/mol. The molecule has 0 bridgehead atoms. The van der Waals surface area contributed by atoms with Crippen molar-refractivity contribution in [2.75, 3.05) is 59.9 Å². The van der Waals surface area contributed by atoms with E-state index in [4.69, 9.17) is 4.74 Å². The van der Waals surface area contributed by atoms with Crippen molar-refractivity contribution in [2.45, 2.75) is 65.5 Å². The molecule has 31 heavy (non-hydrogen) atoms. The molecule has 0 radical (unpaired) electrons. The zero-order valence-electron chi connectivity index (χ0n) is 21.0. The van der Waals surface area contributed by atoms with Crippen LogP contribution in [-0.2, 0) is 4.74 Å². The Kier molecular flexibility index (Phi) is 14.0. The highest BCUT2D eigenvalue weighted by molar-refractivity contribution is 14.0. The normalized spacial score (nSPS) is 17.5. The second kappa shape index (κ2) is 14.4. The topological polar surface area (TPSA) is 81.2 Å². The highest BCUT2D eigenvalue weighted by Crippen LogP contribution is 2.16. The largest absolute Gasteiger partial charge is 0.444 e. The first-order chi connectivity index (χ1) is 14.0. The molecule has 9 heteroatoms. The van der Waals surface area contributed by atoms with Crippen molar-refractivity contribution in [1.82, 2.24) is 25.8 Å². The van der Waals surface area contributed by atoms with Gasteiger partial charge in [-0.25, -0.2) is 4.79 Å². The Morgan fingerprint density at radius 1 is 1.10 bits per heavy atom. The standard InChI is InChI=1S/C22H46N6O2.HI/c1-9-22(10-2,26-20(29)30-21(4,5)6)17-25-19(23-7)24-15-18(3)16-28-13-11-27(8)12-14-28;/h18H,9-17H2,1-8H3,(H,26,29)(H2,23,24,25);1H. The number of hydrogen-bond acceptors (Lipinski definition) is 5. The smallest absolute Gasteiger partial charge is 0.408 e. The average molecular weight is 555 g/mol. The van der Waals surface area contributed by atoms with E-state index in [1.807, 2.05) is 20.8 Å². The fourth-order valence-electron chi connectivity index (χ4n) is 3.52. The second-order valence-electron chi connectivity index (χ2n) is 9.63. The predicted molar refractivity (Wildman–Crippen MR) is 141 cm³/mol. The molecule has 0 aromatic heterocycles. The minimum absolute atomic E-state index is 0. The third kappa shape index (κ3) is 12.1. The molecule has 184 valence electrons. The van der Waals surface area contributed by atoms with Crippen molar-refractivity contribution in [3.63, 3.8) is 0 Å². The molecule has 1 rings (SSSR count). The van der Waals surface area contributed by atoms with Crippen molar-refractivity contribution < 1.29 is 9.53 Å². The van der Waals surface area contributed by atoms with E-state index >= 15 is 0 Å². The fraction of sp³-hybridized carbons (Fsp3) is 0.909. The molecule has 0 saturated carbocycles.